The molecular formula is C14H16N2O4. The molecule has 0 saturated heterocycles. The average Bonchev–Trinajstić information content (AvgIpc) is 2.97. The van der Waals surface area contributed by atoms with E-state index in [2.05, 4.69) is 10.5 Å². The molecule has 106 valence electrons. The second-order valence-corrected chi connectivity index (χ2v) is 4.25. The van der Waals surface area contributed by atoms with E-state index in [0.717, 1.165) is 5.56 Å². The van der Waals surface area contributed by atoms with Crippen molar-refractivity contribution in [1.82, 2.24) is 10.5 Å². The first-order valence-electron chi connectivity index (χ1n) is 6.17. The Balaban J connectivity index is 2.07. The van der Waals surface area contributed by atoms with E-state index in [1.165, 1.54) is 7.11 Å². The van der Waals surface area contributed by atoms with Gasteiger partial charge in [-0.15, -0.1) is 0 Å². The Labute approximate surface area is 116 Å². The second-order valence-electron chi connectivity index (χ2n) is 4.25. The largest absolute Gasteiger partial charge is 0.394 e. The summed E-state index contributed by atoms with van der Waals surface area (Å²) in [5, 5.41) is 15.6. The smallest absolute Gasteiger partial charge is 0.290 e. The zero-order valence-corrected chi connectivity index (χ0v) is 11.1. The van der Waals surface area contributed by atoms with Crippen LogP contribution in [0.15, 0.2) is 40.9 Å². The fourth-order valence-electron chi connectivity index (χ4n) is 1.72. The lowest BCUT2D eigenvalue weighted by Gasteiger charge is -2.13. The summed E-state index contributed by atoms with van der Waals surface area (Å²) < 4.78 is 9.91. The van der Waals surface area contributed by atoms with Crippen LogP contribution >= 0.6 is 0 Å². The number of hydrogen-bond acceptors (Lipinski definition) is 5. The third-order valence-corrected chi connectivity index (χ3v) is 2.73. The number of aliphatic hydroxyl groups is 1. The van der Waals surface area contributed by atoms with Crippen molar-refractivity contribution < 1.29 is 19.2 Å². The number of amides is 1. The predicted molar refractivity (Wildman–Crippen MR) is 72.2 cm³/mol. The Morgan fingerprint density at radius 2 is 2.20 bits per heavy atom. The average molecular weight is 276 g/mol. The van der Waals surface area contributed by atoms with E-state index in [4.69, 9.17) is 14.4 Å². The number of aromatic nitrogens is 1. The van der Waals surface area contributed by atoms with Crippen LogP contribution in [0.25, 0.3) is 11.3 Å². The third kappa shape index (κ3) is 3.43. The molecule has 0 aliphatic carbocycles. The fraction of sp³-hybridized carbons (Fsp3) is 0.286. The van der Waals surface area contributed by atoms with Crippen molar-refractivity contribution in [2.45, 2.75) is 6.04 Å². The van der Waals surface area contributed by atoms with Crippen LogP contribution < -0.4 is 5.32 Å². The number of aliphatic hydroxyl groups excluding tert-OH is 1. The summed E-state index contributed by atoms with van der Waals surface area (Å²) in [7, 11) is 1.50. The van der Waals surface area contributed by atoms with Crippen LogP contribution in [0, 0.1) is 0 Å². The van der Waals surface area contributed by atoms with Crippen molar-refractivity contribution in [3.63, 3.8) is 0 Å². The van der Waals surface area contributed by atoms with Crippen molar-refractivity contribution in [2.75, 3.05) is 20.3 Å². The minimum atomic E-state index is -0.474. The minimum Gasteiger partial charge on any atom is -0.394 e. The van der Waals surface area contributed by atoms with E-state index in [1.807, 2.05) is 30.3 Å². The van der Waals surface area contributed by atoms with Gasteiger partial charge >= 0.3 is 0 Å². The molecule has 1 aromatic heterocycles. The summed E-state index contributed by atoms with van der Waals surface area (Å²) >= 11 is 0. The standard InChI is InChI=1S/C14H16N2O4/c1-19-9-11(8-17)15-14(18)13-7-12(16-20-13)10-5-3-2-4-6-10/h2-7,11,17H,8-9H2,1H3,(H,15,18). The maximum atomic E-state index is 11.9. The first-order valence-corrected chi connectivity index (χ1v) is 6.17. The summed E-state index contributed by atoms with van der Waals surface area (Å²) in [6, 6.07) is 10.5. The van der Waals surface area contributed by atoms with Crippen LogP contribution in [0.1, 0.15) is 10.6 Å². The molecule has 0 aliphatic rings. The molecule has 20 heavy (non-hydrogen) atoms. The molecule has 0 fully saturated rings. The van der Waals surface area contributed by atoms with Gasteiger partial charge in [-0.3, -0.25) is 4.79 Å². The van der Waals surface area contributed by atoms with E-state index in [-0.39, 0.29) is 19.0 Å². The number of methoxy groups -OCH3 is 1. The zero-order valence-electron chi connectivity index (χ0n) is 11.1. The molecule has 2 aromatic rings. The summed E-state index contributed by atoms with van der Waals surface area (Å²) in [6.45, 7) is 0.0151. The van der Waals surface area contributed by atoms with Gasteiger partial charge < -0.3 is 19.7 Å². The van der Waals surface area contributed by atoms with Gasteiger partial charge in [0.25, 0.3) is 5.91 Å². The van der Waals surface area contributed by atoms with Gasteiger partial charge in [0, 0.05) is 18.7 Å². The molecule has 1 atom stereocenters. The SMILES string of the molecule is COCC(CO)NC(=O)c1cc(-c2ccccc2)no1. The van der Waals surface area contributed by atoms with Crippen molar-refractivity contribution in [1.29, 1.82) is 0 Å². The van der Waals surface area contributed by atoms with Gasteiger partial charge in [0.05, 0.1) is 19.3 Å². The van der Waals surface area contributed by atoms with Gasteiger partial charge in [-0.1, -0.05) is 35.5 Å². The topological polar surface area (TPSA) is 84.6 Å². The molecule has 1 unspecified atom stereocenters. The maximum absolute atomic E-state index is 11.9. The Kier molecular flexibility index (Phi) is 4.86. The Morgan fingerprint density at radius 3 is 2.85 bits per heavy atom. The Bertz CT molecular complexity index is 553. The molecule has 6 heteroatoms. The van der Waals surface area contributed by atoms with E-state index in [0.29, 0.717) is 5.69 Å². The molecule has 6 nitrogen and oxygen atoms in total. The summed E-state index contributed by atoms with van der Waals surface area (Å²) in [5.41, 5.74) is 1.45. The van der Waals surface area contributed by atoms with Crippen LogP contribution in [-0.2, 0) is 4.74 Å². The summed E-state index contributed by atoms with van der Waals surface area (Å²) in [6.07, 6.45) is 0. The van der Waals surface area contributed by atoms with Gasteiger partial charge in [-0.25, -0.2) is 0 Å². The number of hydrogen-bond donors (Lipinski definition) is 2. The first kappa shape index (κ1) is 14.2. The van der Waals surface area contributed by atoms with Crippen LogP contribution in [0.2, 0.25) is 0 Å². The minimum absolute atomic E-state index is 0.0957. The molecule has 0 saturated carbocycles. The maximum Gasteiger partial charge on any atom is 0.290 e. The van der Waals surface area contributed by atoms with Crippen LogP contribution in [0.5, 0.6) is 0 Å². The molecule has 0 bridgehead atoms. The number of nitrogens with zero attached hydrogens (tertiary/aromatic N) is 1. The quantitative estimate of drug-likeness (QED) is 0.824. The Morgan fingerprint density at radius 1 is 1.45 bits per heavy atom. The van der Waals surface area contributed by atoms with Gasteiger partial charge in [0.15, 0.2) is 0 Å². The highest BCUT2D eigenvalue weighted by molar-refractivity contribution is 5.92. The summed E-state index contributed by atoms with van der Waals surface area (Å²) in [5.74, 6) is -0.339. The lowest BCUT2D eigenvalue weighted by molar-refractivity contribution is 0.0806. The van der Waals surface area contributed by atoms with Gasteiger partial charge in [0.1, 0.15) is 5.69 Å². The van der Waals surface area contributed by atoms with Crippen molar-refractivity contribution in [3.05, 3.63) is 42.2 Å². The molecule has 1 aromatic carbocycles. The number of ether oxygens (including phenoxy) is 1. The van der Waals surface area contributed by atoms with Crippen molar-refractivity contribution >= 4 is 5.91 Å². The molecule has 0 spiro atoms. The number of carbonyl (C=O) groups is 1. The molecule has 1 heterocycles. The zero-order chi connectivity index (χ0) is 14.4. The van der Waals surface area contributed by atoms with Gasteiger partial charge in [0.2, 0.25) is 5.76 Å². The van der Waals surface area contributed by atoms with E-state index >= 15 is 0 Å². The number of carbonyl (C=O) groups excluding carboxylic acids is 1. The molecule has 2 N–H and O–H groups in total. The Hall–Kier alpha value is -2.18. The van der Waals surface area contributed by atoms with Gasteiger partial charge in [-0.05, 0) is 0 Å². The monoisotopic (exact) mass is 276 g/mol. The van der Waals surface area contributed by atoms with Crippen LogP contribution in [0.3, 0.4) is 0 Å². The predicted octanol–water partition coefficient (Wildman–Crippen LogP) is 1.08. The van der Waals surface area contributed by atoms with Crippen molar-refractivity contribution in [2.24, 2.45) is 0 Å². The molecule has 1 amide bonds. The molecule has 2 rings (SSSR count). The van der Waals surface area contributed by atoms with E-state index in [1.54, 1.807) is 6.07 Å². The third-order valence-electron chi connectivity index (χ3n) is 2.73. The highest BCUT2D eigenvalue weighted by atomic mass is 16.5. The molecule has 0 aliphatic heterocycles. The van der Waals surface area contributed by atoms with E-state index in [9.17, 15) is 4.79 Å². The lowest BCUT2D eigenvalue weighted by Crippen LogP contribution is -2.40. The van der Waals surface area contributed by atoms with Crippen molar-refractivity contribution in [3.8, 4) is 11.3 Å². The van der Waals surface area contributed by atoms with E-state index < -0.39 is 11.9 Å². The number of rotatable bonds is 6. The lowest BCUT2D eigenvalue weighted by atomic mass is 10.1. The van der Waals surface area contributed by atoms with Crippen LogP contribution in [-0.4, -0.2) is 42.5 Å². The first-order chi connectivity index (χ1) is 9.74. The van der Waals surface area contributed by atoms with Gasteiger partial charge in [-0.2, -0.15) is 0 Å². The normalized spacial score (nSPS) is 12.1. The summed E-state index contributed by atoms with van der Waals surface area (Å²) in [4.78, 5) is 11.9. The highest BCUT2D eigenvalue weighted by Crippen LogP contribution is 2.18. The second kappa shape index (κ2) is 6.83. The molecular weight excluding hydrogens is 260 g/mol. The number of nitrogens with one attached hydrogen (secondary N) is 1. The fourth-order valence-corrected chi connectivity index (χ4v) is 1.72. The van der Waals surface area contributed by atoms with Crippen LogP contribution in [0.4, 0.5) is 0 Å². The number of benzene rings is 1. The molecule has 0 radical (unpaired) electrons. The highest BCUT2D eigenvalue weighted by Gasteiger charge is 2.17.